The minimum Gasteiger partial charge on any atom is -0.366 e. The number of hydrogen-bond donors (Lipinski definition) is 0. The Morgan fingerprint density at radius 2 is 1.72 bits per heavy atom. The molecule has 8 nitrogen and oxygen atoms in total. The minimum atomic E-state index is -0.476. The van der Waals surface area contributed by atoms with E-state index in [9.17, 15) is 19.7 Å². The van der Waals surface area contributed by atoms with E-state index >= 15 is 0 Å². The highest BCUT2D eigenvalue weighted by Crippen LogP contribution is 2.34. The van der Waals surface area contributed by atoms with Crippen LogP contribution in [-0.2, 0) is 9.59 Å². The summed E-state index contributed by atoms with van der Waals surface area (Å²) >= 11 is 0. The van der Waals surface area contributed by atoms with Gasteiger partial charge < -0.3 is 9.80 Å². The third-order valence-corrected chi connectivity index (χ3v) is 5.65. The molecule has 29 heavy (non-hydrogen) atoms. The number of amides is 2. The zero-order valence-electron chi connectivity index (χ0n) is 17.4. The fraction of sp³-hybridized carbons (Fsp3) is 0.524. The molecule has 8 heteroatoms. The van der Waals surface area contributed by atoms with Crippen molar-refractivity contribution in [2.75, 3.05) is 33.7 Å². The predicted molar refractivity (Wildman–Crippen MR) is 110 cm³/mol. The third-order valence-electron chi connectivity index (χ3n) is 5.65. The van der Waals surface area contributed by atoms with Gasteiger partial charge in [-0.05, 0) is 56.6 Å². The molecule has 0 aromatic heterocycles. The van der Waals surface area contributed by atoms with Gasteiger partial charge in [0, 0.05) is 31.8 Å². The number of nitrogens with zero attached hydrogens (tertiary/aromatic N) is 4. The van der Waals surface area contributed by atoms with E-state index in [1.807, 2.05) is 25.8 Å². The number of piperidine rings is 1. The van der Waals surface area contributed by atoms with Crippen molar-refractivity contribution in [2.45, 2.75) is 32.7 Å². The van der Waals surface area contributed by atoms with Crippen molar-refractivity contribution in [3.63, 3.8) is 0 Å². The minimum absolute atomic E-state index is 0.0459. The maximum absolute atomic E-state index is 13.2. The van der Waals surface area contributed by atoms with Crippen molar-refractivity contribution < 1.29 is 14.5 Å². The normalized spacial score (nSPS) is 18.9. The average molecular weight is 400 g/mol. The highest BCUT2D eigenvalue weighted by molar-refractivity contribution is 6.35. The monoisotopic (exact) mass is 400 g/mol. The molecule has 2 aliphatic heterocycles. The van der Waals surface area contributed by atoms with Crippen LogP contribution in [0.5, 0.6) is 0 Å². The lowest BCUT2D eigenvalue weighted by Gasteiger charge is -2.36. The zero-order valence-corrected chi connectivity index (χ0v) is 17.4. The van der Waals surface area contributed by atoms with Gasteiger partial charge in [-0.3, -0.25) is 24.6 Å². The van der Waals surface area contributed by atoms with E-state index in [-0.39, 0.29) is 29.5 Å². The summed E-state index contributed by atoms with van der Waals surface area (Å²) in [7, 11) is 3.95. The van der Waals surface area contributed by atoms with Crippen LogP contribution in [0.2, 0.25) is 0 Å². The SMILES string of the molecule is CC(C)CN1C(=O)C(c2ccc([N+](=O)[O-])cc2)=C(N(C)C2CCN(C)CC2)C1=O. The first-order valence-electron chi connectivity index (χ1n) is 9.97. The molecule has 0 N–H and O–H groups in total. The maximum Gasteiger partial charge on any atom is 0.277 e. The topological polar surface area (TPSA) is 87.0 Å². The van der Waals surface area contributed by atoms with Crippen molar-refractivity contribution in [2.24, 2.45) is 5.92 Å². The number of imide groups is 1. The van der Waals surface area contributed by atoms with Crippen LogP contribution >= 0.6 is 0 Å². The van der Waals surface area contributed by atoms with E-state index in [1.54, 1.807) is 12.1 Å². The number of nitro groups is 1. The van der Waals surface area contributed by atoms with Crippen LogP contribution in [0.1, 0.15) is 32.3 Å². The van der Waals surface area contributed by atoms with Crippen molar-refractivity contribution >= 4 is 23.1 Å². The Bertz CT molecular complexity index is 839. The first-order chi connectivity index (χ1) is 13.7. The Kier molecular flexibility index (Phi) is 6.02. The summed E-state index contributed by atoms with van der Waals surface area (Å²) in [6, 6.07) is 6.03. The number of non-ortho nitro benzene ring substituents is 1. The van der Waals surface area contributed by atoms with Crippen molar-refractivity contribution in [1.82, 2.24) is 14.7 Å². The van der Waals surface area contributed by atoms with Gasteiger partial charge in [-0.15, -0.1) is 0 Å². The fourth-order valence-electron chi connectivity index (χ4n) is 4.00. The number of carbonyl (C=O) groups is 2. The van der Waals surface area contributed by atoms with Crippen LogP contribution in [0.3, 0.4) is 0 Å². The van der Waals surface area contributed by atoms with Crippen LogP contribution in [0.25, 0.3) is 5.57 Å². The molecule has 1 fully saturated rings. The first-order valence-corrected chi connectivity index (χ1v) is 9.97. The molecule has 2 aliphatic rings. The largest absolute Gasteiger partial charge is 0.366 e. The van der Waals surface area contributed by atoms with E-state index in [0.717, 1.165) is 25.9 Å². The van der Waals surface area contributed by atoms with Crippen LogP contribution in [0, 0.1) is 16.0 Å². The van der Waals surface area contributed by atoms with Crippen molar-refractivity contribution in [3.05, 3.63) is 45.6 Å². The number of nitro benzene ring substituents is 1. The van der Waals surface area contributed by atoms with Crippen LogP contribution in [0.15, 0.2) is 30.0 Å². The zero-order chi connectivity index (χ0) is 21.3. The average Bonchev–Trinajstić information content (AvgIpc) is 2.92. The molecule has 0 bridgehead atoms. The summed E-state index contributed by atoms with van der Waals surface area (Å²) in [5, 5.41) is 11.0. The second-order valence-corrected chi connectivity index (χ2v) is 8.29. The van der Waals surface area contributed by atoms with E-state index in [4.69, 9.17) is 0 Å². The molecule has 2 heterocycles. The molecule has 0 spiro atoms. The molecule has 3 rings (SSSR count). The second-order valence-electron chi connectivity index (χ2n) is 8.29. The number of rotatable bonds is 6. The molecule has 0 aliphatic carbocycles. The van der Waals surface area contributed by atoms with Gasteiger partial charge in [-0.2, -0.15) is 0 Å². The van der Waals surface area contributed by atoms with Gasteiger partial charge in [0.25, 0.3) is 17.5 Å². The Morgan fingerprint density at radius 1 is 1.14 bits per heavy atom. The van der Waals surface area contributed by atoms with Crippen LogP contribution < -0.4 is 0 Å². The van der Waals surface area contributed by atoms with Gasteiger partial charge in [-0.1, -0.05) is 13.8 Å². The molecular formula is C21H28N4O4. The molecular weight excluding hydrogens is 372 g/mol. The molecule has 0 saturated carbocycles. The van der Waals surface area contributed by atoms with Crippen molar-refractivity contribution in [3.8, 4) is 0 Å². The summed E-state index contributed by atoms with van der Waals surface area (Å²) < 4.78 is 0. The second kappa shape index (κ2) is 8.32. The number of benzene rings is 1. The van der Waals surface area contributed by atoms with E-state index in [2.05, 4.69) is 11.9 Å². The fourth-order valence-corrected chi connectivity index (χ4v) is 4.00. The van der Waals surface area contributed by atoms with Gasteiger partial charge in [0.15, 0.2) is 0 Å². The molecule has 0 radical (unpaired) electrons. The molecule has 1 aromatic carbocycles. The molecule has 0 atom stereocenters. The van der Waals surface area contributed by atoms with Gasteiger partial charge in [0.05, 0.1) is 10.5 Å². The molecule has 156 valence electrons. The molecule has 1 saturated heterocycles. The van der Waals surface area contributed by atoms with Crippen LogP contribution in [-0.4, -0.2) is 71.2 Å². The van der Waals surface area contributed by atoms with E-state index < -0.39 is 4.92 Å². The standard InChI is InChI=1S/C21H28N4O4/c1-14(2)13-24-20(26)18(15-5-7-17(8-6-15)25(28)29)19(21(24)27)23(4)16-9-11-22(3)12-10-16/h5-8,14,16H,9-13H2,1-4H3. The van der Waals surface area contributed by atoms with Gasteiger partial charge in [0.1, 0.15) is 5.70 Å². The number of hydrogen-bond acceptors (Lipinski definition) is 6. The quantitative estimate of drug-likeness (QED) is 0.414. The molecule has 1 aromatic rings. The summed E-state index contributed by atoms with van der Waals surface area (Å²) in [5.41, 5.74) is 1.23. The third kappa shape index (κ3) is 4.17. The first kappa shape index (κ1) is 21.0. The number of likely N-dealkylation sites (tertiary alicyclic amines) is 1. The number of carbonyl (C=O) groups excluding carboxylic acids is 2. The molecule has 2 amide bonds. The van der Waals surface area contributed by atoms with Gasteiger partial charge in [0.2, 0.25) is 0 Å². The van der Waals surface area contributed by atoms with E-state index in [1.165, 1.54) is 17.0 Å². The Balaban J connectivity index is 2.02. The highest BCUT2D eigenvalue weighted by Gasteiger charge is 2.42. The Labute approximate surface area is 170 Å². The molecule has 0 unspecified atom stereocenters. The summed E-state index contributed by atoms with van der Waals surface area (Å²) in [6.07, 6.45) is 1.82. The van der Waals surface area contributed by atoms with Crippen molar-refractivity contribution in [1.29, 1.82) is 0 Å². The maximum atomic E-state index is 13.2. The lowest BCUT2D eigenvalue weighted by molar-refractivity contribution is -0.384. The van der Waals surface area contributed by atoms with E-state index in [0.29, 0.717) is 23.4 Å². The predicted octanol–water partition coefficient (Wildman–Crippen LogP) is 2.36. The number of likely N-dealkylation sites (N-methyl/N-ethyl adjacent to an activating group) is 1. The van der Waals surface area contributed by atoms with Gasteiger partial charge in [-0.25, -0.2) is 0 Å². The van der Waals surface area contributed by atoms with Crippen LogP contribution in [0.4, 0.5) is 5.69 Å². The Hall–Kier alpha value is -2.74. The lowest BCUT2D eigenvalue weighted by atomic mass is 10.00. The summed E-state index contributed by atoms with van der Waals surface area (Å²) in [5.74, 6) is -0.459. The highest BCUT2D eigenvalue weighted by atomic mass is 16.6. The smallest absolute Gasteiger partial charge is 0.277 e. The Morgan fingerprint density at radius 3 is 2.24 bits per heavy atom. The summed E-state index contributed by atoms with van der Waals surface area (Å²) in [4.78, 5) is 42.5. The summed E-state index contributed by atoms with van der Waals surface area (Å²) in [6.45, 7) is 6.15. The van der Waals surface area contributed by atoms with Gasteiger partial charge >= 0.3 is 0 Å². The lowest BCUT2D eigenvalue weighted by Crippen LogP contribution is -2.44.